The second-order valence-electron chi connectivity index (χ2n) is 3.62. The first kappa shape index (κ1) is 23.1. The van der Waals surface area contributed by atoms with Crippen LogP contribution < -0.4 is 0 Å². The van der Waals surface area contributed by atoms with E-state index in [-0.39, 0.29) is 22.3 Å². The largest absolute Gasteiger partial charge is 0.0776 e. The molecular weight excluding hydrogens is 156 g/mol. The van der Waals surface area contributed by atoms with Crippen LogP contribution in [0.1, 0.15) is 82.1 Å². The van der Waals surface area contributed by atoms with Gasteiger partial charge in [-0.1, -0.05) is 75.7 Å². The van der Waals surface area contributed by atoms with Gasteiger partial charge in [-0.25, -0.2) is 0 Å². The lowest BCUT2D eigenvalue weighted by Gasteiger charge is -2.26. The minimum atomic E-state index is 0. The molecule has 0 aliphatic rings. The monoisotopic (exact) mass is 190 g/mol. The lowest BCUT2D eigenvalue weighted by atomic mass is 9.80. The third-order valence-corrected chi connectivity index (χ3v) is 2.84. The van der Waals surface area contributed by atoms with Crippen LogP contribution in [0.5, 0.6) is 0 Å². The molecule has 0 heteroatoms. The summed E-state index contributed by atoms with van der Waals surface area (Å²) in [6.45, 7) is 9.28. The lowest BCUT2D eigenvalue weighted by Crippen LogP contribution is -2.12. The van der Waals surface area contributed by atoms with Gasteiger partial charge in [0.25, 0.3) is 0 Å². The van der Waals surface area contributed by atoms with Crippen LogP contribution in [0.3, 0.4) is 0 Å². The first-order chi connectivity index (χ1) is 4.68. The highest BCUT2D eigenvalue weighted by atomic mass is 14.2. The summed E-state index contributed by atoms with van der Waals surface area (Å²) >= 11 is 0. The molecule has 0 nitrogen and oxygen atoms in total. The molecule has 0 rings (SSSR count). The van der Waals surface area contributed by atoms with Crippen LogP contribution in [0, 0.1) is 5.41 Å². The van der Waals surface area contributed by atoms with Crippen molar-refractivity contribution in [2.75, 3.05) is 0 Å². The quantitative estimate of drug-likeness (QED) is 0.505. The minimum absolute atomic E-state index is 0. The first-order valence-electron chi connectivity index (χ1n) is 4.68. The summed E-state index contributed by atoms with van der Waals surface area (Å²) in [6.07, 6.45) is 6.83. The molecule has 13 heavy (non-hydrogen) atoms. The molecule has 86 valence electrons. The van der Waals surface area contributed by atoms with E-state index in [1.165, 1.54) is 32.1 Å². The van der Waals surface area contributed by atoms with Crippen LogP contribution in [0.15, 0.2) is 0 Å². The topological polar surface area (TPSA) is 0 Å². The Kier molecular flexibility index (Phi) is 21.3. The Balaban J connectivity index is -0.000000135. The molecule has 0 heterocycles. The van der Waals surface area contributed by atoms with E-state index in [0.29, 0.717) is 5.41 Å². The predicted molar refractivity (Wildman–Crippen MR) is 68.4 cm³/mol. The van der Waals surface area contributed by atoms with Crippen LogP contribution in [-0.2, 0) is 0 Å². The molecule has 0 atom stereocenters. The van der Waals surface area contributed by atoms with Crippen molar-refractivity contribution in [1.82, 2.24) is 0 Å². The summed E-state index contributed by atoms with van der Waals surface area (Å²) in [5.41, 5.74) is 0.635. The summed E-state index contributed by atoms with van der Waals surface area (Å²) in [6, 6.07) is 0. The van der Waals surface area contributed by atoms with E-state index in [0.717, 1.165) is 0 Å². The van der Waals surface area contributed by atoms with Crippen molar-refractivity contribution in [3.05, 3.63) is 0 Å². The molecule has 0 fully saturated rings. The van der Waals surface area contributed by atoms with Crippen LogP contribution >= 0.6 is 0 Å². The van der Waals surface area contributed by atoms with Crippen molar-refractivity contribution < 1.29 is 0 Å². The zero-order valence-electron chi connectivity index (χ0n) is 8.04. The predicted octanol–water partition coefficient (Wildman–Crippen LogP) is 5.91. The van der Waals surface area contributed by atoms with E-state index < -0.39 is 0 Å². The SMILES string of the molecule is C.C.C.CCCCC(C)(CC)CC. The highest BCUT2D eigenvalue weighted by Gasteiger charge is 2.17. The van der Waals surface area contributed by atoms with E-state index in [1.54, 1.807) is 0 Å². The van der Waals surface area contributed by atoms with Crippen LogP contribution in [0.4, 0.5) is 0 Å². The maximum Gasteiger partial charge on any atom is -0.0331 e. The molecule has 0 aromatic rings. The normalized spacial score (nSPS) is 9.23. The van der Waals surface area contributed by atoms with Gasteiger partial charge in [0, 0.05) is 0 Å². The summed E-state index contributed by atoms with van der Waals surface area (Å²) < 4.78 is 0. The van der Waals surface area contributed by atoms with E-state index in [4.69, 9.17) is 0 Å². The van der Waals surface area contributed by atoms with Gasteiger partial charge in [0.15, 0.2) is 0 Å². The molecule has 0 aromatic carbocycles. The van der Waals surface area contributed by atoms with Crippen molar-refractivity contribution in [2.24, 2.45) is 5.41 Å². The van der Waals surface area contributed by atoms with Gasteiger partial charge in [0.05, 0.1) is 0 Å². The maximum atomic E-state index is 2.41. The van der Waals surface area contributed by atoms with E-state index in [2.05, 4.69) is 27.7 Å². The second kappa shape index (κ2) is 12.0. The van der Waals surface area contributed by atoms with Gasteiger partial charge in [0.1, 0.15) is 0 Å². The van der Waals surface area contributed by atoms with E-state index in [1.807, 2.05) is 0 Å². The molecule has 0 aliphatic heterocycles. The van der Waals surface area contributed by atoms with Gasteiger partial charge in [0.2, 0.25) is 0 Å². The van der Waals surface area contributed by atoms with E-state index >= 15 is 0 Å². The molecule has 0 aliphatic carbocycles. The summed E-state index contributed by atoms with van der Waals surface area (Å²) in [7, 11) is 0. The number of rotatable bonds is 5. The third kappa shape index (κ3) is 9.92. The fourth-order valence-electron chi connectivity index (χ4n) is 1.21. The number of hydrogen-bond acceptors (Lipinski definition) is 0. The first-order valence-corrected chi connectivity index (χ1v) is 4.68. The molecular formula is C13H34. The molecule has 0 saturated heterocycles. The fourth-order valence-corrected chi connectivity index (χ4v) is 1.21. The molecule has 0 aromatic heterocycles. The van der Waals surface area contributed by atoms with Crippen LogP contribution in [0.2, 0.25) is 0 Å². The standard InChI is InChI=1S/C10H22.3CH4/c1-5-8-9-10(4,6-2)7-3;;;/h5-9H2,1-4H3;3*1H4. The van der Waals surface area contributed by atoms with Crippen LogP contribution in [0.25, 0.3) is 0 Å². The highest BCUT2D eigenvalue weighted by molar-refractivity contribution is 4.69. The number of hydrogen-bond donors (Lipinski definition) is 0. The molecule has 0 radical (unpaired) electrons. The molecule has 0 spiro atoms. The highest BCUT2D eigenvalue weighted by Crippen LogP contribution is 2.31. The van der Waals surface area contributed by atoms with Crippen molar-refractivity contribution in [3.63, 3.8) is 0 Å². The van der Waals surface area contributed by atoms with Gasteiger partial charge in [-0.3, -0.25) is 0 Å². The lowest BCUT2D eigenvalue weighted by molar-refractivity contribution is 0.265. The average Bonchev–Trinajstić information content (AvgIpc) is 2.00. The Hall–Kier alpha value is 0. The van der Waals surface area contributed by atoms with E-state index in [9.17, 15) is 0 Å². The summed E-state index contributed by atoms with van der Waals surface area (Å²) in [4.78, 5) is 0. The maximum absolute atomic E-state index is 2.41. The molecule has 0 unspecified atom stereocenters. The van der Waals surface area contributed by atoms with Crippen molar-refractivity contribution in [3.8, 4) is 0 Å². The van der Waals surface area contributed by atoms with Crippen molar-refractivity contribution in [1.29, 1.82) is 0 Å². The second-order valence-corrected chi connectivity index (χ2v) is 3.62. The Morgan fingerprint density at radius 3 is 1.46 bits per heavy atom. The van der Waals surface area contributed by atoms with Gasteiger partial charge < -0.3 is 0 Å². The Morgan fingerprint density at radius 2 is 1.23 bits per heavy atom. The average molecular weight is 190 g/mol. The smallest absolute Gasteiger partial charge is 0.0331 e. The zero-order valence-corrected chi connectivity index (χ0v) is 8.04. The zero-order chi connectivity index (χ0) is 8.04. The van der Waals surface area contributed by atoms with Gasteiger partial charge in [-0.05, 0) is 11.8 Å². The molecule has 0 amide bonds. The molecule has 0 bridgehead atoms. The fraction of sp³-hybridized carbons (Fsp3) is 1.00. The van der Waals surface area contributed by atoms with Gasteiger partial charge >= 0.3 is 0 Å². The number of unbranched alkanes of at least 4 members (excludes halogenated alkanes) is 1. The molecule has 0 saturated carbocycles. The Bertz CT molecular complexity index is 70.1. The summed E-state index contributed by atoms with van der Waals surface area (Å²) in [5.74, 6) is 0. The third-order valence-electron chi connectivity index (χ3n) is 2.84. The van der Waals surface area contributed by atoms with Crippen LogP contribution in [-0.4, -0.2) is 0 Å². The van der Waals surface area contributed by atoms with Gasteiger partial charge in [-0.15, -0.1) is 0 Å². The van der Waals surface area contributed by atoms with Crippen molar-refractivity contribution >= 4 is 0 Å². The minimum Gasteiger partial charge on any atom is -0.0776 e. The Labute approximate surface area is 88.1 Å². The summed E-state index contributed by atoms with van der Waals surface area (Å²) in [5, 5.41) is 0. The molecule has 0 N–H and O–H groups in total. The Morgan fingerprint density at radius 1 is 0.846 bits per heavy atom. The van der Waals surface area contributed by atoms with Crippen molar-refractivity contribution in [2.45, 2.75) is 82.1 Å². The van der Waals surface area contributed by atoms with Gasteiger partial charge in [-0.2, -0.15) is 0 Å².